The van der Waals surface area contributed by atoms with E-state index in [-0.39, 0.29) is 11.8 Å². The molecule has 10 aromatic rings. The van der Waals surface area contributed by atoms with Gasteiger partial charge in [0.2, 0.25) is 0 Å². The number of rotatable bonds is 11. The molecule has 0 spiro atoms. The molecule has 0 heterocycles. The van der Waals surface area contributed by atoms with Crippen molar-refractivity contribution in [2.75, 3.05) is 0 Å². The van der Waals surface area contributed by atoms with Gasteiger partial charge in [-0.2, -0.15) is 0 Å². The average molecular weight is 929 g/mol. The summed E-state index contributed by atoms with van der Waals surface area (Å²) in [5.41, 5.74) is 16.8. The summed E-state index contributed by atoms with van der Waals surface area (Å²) in [6, 6.07) is 84.7. The summed E-state index contributed by atoms with van der Waals surface area (Å²) in [6.07, 6.45) is 0. The van der Waals surface area contributed by atoms with E-state index in [1.54, 1.807) is 0 Å². The molecule has 0 atom stereocenters. The van der Waals surface area contributed by atoms with E-state index in [2.05, 4.69) is 194 Å². The van der Waals surface area contributed by atoms with E-state index in [4.69, 9.17) is 46.4 Å². The molecule has 0 nitrogen and oxygen atoms in total. The first-order valence-electron chi connectivity index (χ1n) is 22.0. The normalized spacial score (nSPS) is 11.3. The summed E-state index contributed by atoms with van der Waals surface area (Å²) in [4.78, 5) is 0. The minimum Gasteiger partial charge on any atom is -0.0836 e. The molecule has 66 heavy (non-hydrogen) atoms. The van der Waals surface area contributed by atoms with Crippen molar-refractivity contribution in [3.05, 3.63) is 296 Å². The fourth-order valence-corrected chi connectivity index (χ4v) is 10.5. The lowest BCUT2D eigenvalue weighted by Gasteiger charge is -2.23. The minimum absolute atomic E-state index is 0.167. The first-order valence-corrected chi connectivity index (χ1v) is 23.5. The van der Waals surface area contributed by atoms with Crippen molar-refractivity contribution >= 4 is 46.4 Å². The molecule has 0 aromatic heterocycles. The second kappa shape index (κ2) is 19.4. The molecule has 0 unspecified atom stereocenters. The zero-order valence-electron chi connectivity index (χ0n) is 35.8. The topological polar surface area (TPSA) is 0 Å². The van der Waals surface area contributed by atoms with Crippen molar-refractivity contribution in [3.8, 4) is 55.6 Å². The Morgan fingerprint density at radius 3 is 0.576 bits per heavy atom. The standard InChI is InChI=1S/C62H42Cl4/c63-55-37-53(59(49-29-21-45(22-30-49)41-13-5-1-6-14-41)50-31-23-46(24-32-50)42-15-7-2-8-16-42)38-56(64)61(55)62-57(65)39-54(40-58(62)66)60(51-33-25-47(26-34-51)43-17-9-3-10-18-43)52-35-27-48(28-36-52)44-19-11-4-12-20-44/h1-40,59-60H. The summed E-state index contributed by atoms with van der Waals surface area (Å²) in [6.45, 7) is 0. The third-order valence-corrected chi connectivity index (χ3v) is 13.6. The molecular weight excluding hydrogens is 886 g/mol. The van der Waals surface area contributed by atoms with Gasteiger partial charge in [0.15, 0.2) is 0 Å². The highest BCUT2D eigenvalue weighted by atomic mass is 35.5. The van der Waals surface area contributed by atoms with E-state index in [1.807, 2.05) is 48.5 Å². The molecule has 10 rings (SSSR count). The fourth-order valence-electron chi connectivity index (χ4n) is 9.15. The zero-order valence-corrected chi connectivity index (χ0v) is 38.8. The quantitative estimate of drug-likeness (QED) is 0.113. The van der Waals surface area contributed by atoms with E-state index < -0.39 is 0 Å². The average Bonchev–Trinajstić information content (AvgIpc) is 3.37. The monoisotopic (exact) mass is 926 g/mol. The van der Waals surface area contributed by atoms with Gasteiger partial charge in [0.05, 0.1) is 20.1 Å². The highest BCUT2D eigenvalue weighted by Crippen LogP contribution is 2.48. The number of hydrogen-bond donors (Lipinski definition) is 0. The highest BCUT2D eigenvalue weighted by molar-refractivity contribution is 6.44. The minimum atomic E-state index is -0.167. The molecule has 0 fully saturated rings. The van der Waals surface area contributed by atoms with Crippen molar-refractivity contribution in [2.24, 2.45) is 0 Å². The Labute approximate surface area is 407 Å². The molecule has 0 radical (unpaired) electrons. The van der Waals surface area contributed by atoms with Gasteiger partial charge in [-0.1, -0.05) is 265 Å². The van der Waals surface area contributed by atoms with Gasteiger partial charge < -0.3 is 0 Å². The van der Waals surface area contributed by atoms with Crippen molar-refractivity contribution in [2.45, 2.75) is 11.8 Å². The van der Waals surface area contributed by atoms with Crippen LogP contribution in [0, 0.1) is 0 Å². The van der Waals surface area contributed by atoms with Gasteiger partial charge in [-0.3, -0.25) is 0 Å². The molecule has 0 aliphatic carbocycles. The molecular formula is C62H42Cl4. The molecule has 0 amide bonds. The fraction of sp³-hybridized carbons (Fsp3) is 0.0323. The molecule has 0 bridgehead atoms. The molecule has 0 saturated carbocycles. The van der Waals surface area contributed by atoms with Crippen LogP contribution >= 0.6 is 46.4 Å². The number of halogens is 4. The smallest absolute Gasteiger partial charge is 0.0503 e. The van der Waals surface area contributed by atoms with Crippen LogP contribution < -0.4 is 0 Å². The predicted octanol–water partition coefficient (Wildman–Crippen LogP) is 19.0. The van der Waals surface area contributed by atoms with Gasteiger partial charge >= 0.3 is 0 Å². The first kappa shape index (κ1) is 43.3. The van der Waals surface area contributed by atoms with Crippen LogP contribution in [0.3, 0.4) is 0 Å². The van der Waals surface area contributed by atoms with Crippen molar-refractivity contribution in [1.82, 2.24) is 0 Å². The SMILES string of the molecule is Clc1cc(C(c2ccc(-c3ccccc3)cc2)c2ccc(-c3ccccc3)cc2)cc(Cl)c1-c1c(Cl)cc(C(c2ccc(-c3ccccc3)cc2)c2ccc(-c3ccccc3)cc2)cc1Cl. The highest BCUT2D eigenvalue weighted by Gasteiger charge is 2.26. The molecule has 0 aliphatic rings. The van der Waals surface area contributed by atoms with Gasteiger partial charge in [-0.25, -0.2) is 0 Å². The second-order valence-corrected chi connectivity index (χ2v) is 18.2. The first-order chi connectivity index (χ1) is 32.4. The second-order valence-electron chi connectivity index (χ2n) is 16.5. The van der Waals surface area contributed by atoms with Crippen molar-refractivity contribution in [3.63, 3.8) is 0 Å². The molecule has 0 saturated heterocycles. The summed E-state index contributed by atoms with van der Waals surface area (Å²) in [7, 11) is 0. The van der Waals surface area contributed by atoms with Crippen LogP contribution in [-0.2, 0) is 0 Å². The van der Waals surface area contributed by atoms with Gasteiger partial charge in [-0.05, 0) is 102 Å². The number of hydrogen-bond acceptors (Lipinski definition) is 0. The van der Waals surface area contributed by atoms with Crippen LogP contribution in [0.5, 0.6) is 0 Å². The third-order valence-electron chi connectivity index (χ3n) is 12.5. The Bertz CT molecular complexity index is 2790. The van der Waals surface area contributed by atoms with Crippen LogP contribution in [0.25, 0.3) is 55.6 Å². The van der Waals surface area contributed by atoms with Crippen LogP contribution in [0.4, 0.5) is 0 Å². The van der Waals surface area contributed by atoms with E-state index in [9.17, 15) is 0 Å². The Morgan fingerprint density at radius 2 is 0.379 bits per heavy atom. The van der Waals surface area contributed by atoms with Gasteiger partial charge in [0, 0.05) is 23.0 Å². The predicted molar refractivity (Wildman–Crippen MR) is 281 cm³/mol. The van der Waals surface area contributed by atoms with Crippen LogP contribution in [0.15, 0.2) is 243 Å². The van der Waals surface area contributed by atoms with Crippen molar-refractivity contribution < 1.29 is 0 Å². The Hall–Kier alpha value is -6.64. The van der Waals surface area contributed by atoms with Gasteiger partial charge in [0.1, 0.15) is 0 Å². The van der Waals surface area contributed by atoms with Crippen LogP contribution in [0.1, 0.15) is 45.2 Å². The van der Waals surface area contributed by atoms with Crippen LogP contribution in [-0.4, -0.2) is 0 Å². The largest absolute Gasteiger partial charge is 0.0836 e. The summed E-state index contributed by atoms with van der Waals surface area (Å²) >= 11 is 29.5. The maximum atomic E-state index is 7.37. The molecule has 0 N–H and O–H groups in total. The molecule has 0 aliphatic heterocycles. The number of benzene rings is 10. The molecule has 318 valence electrons. The summed E-state index contributed by atoms with van der Waals surface area (Å²) < 4.78 is 0. The lowest BCUT2D eigenvalue weighted by atomic mass is 9.82. The van der Waals surface area contributed by atoms with E-state index >= 15 is 0 Å². The van der Waals surface area contributed by atoms with Gasteiger partial charge in [0.25, 0.3) is 0 Å². The van der Waals surface area contributed by atoms with E-state index in [0.717, 1.165) is 77.9 Å². The maximum absolute atomic E-state index is 7.37. The van der Waals surface area contributed by atoms with E-state index in [0.29, 0.717) is 31.2 Å². The lowest BCUT2D eigenvalue weighted by molar-refractivity contribution is 0.977. The molecule has 10 aromatic carbocycles. The Balaban J connectivity index is 1.03. The van der Waals surface area contributed by atoms with Crippen LogP contribution in [0.2, 0.25) is 20.1 Å². The lowest BCUT2D eigenvalue weighted by Crippen LogP contribution is -2.05. The maximum Gasteiger partial charge on any atom is 0.0503 e. The zero-order chi connectivity index (χ0) is 45.0. The van der Waals surface area contributed by atoms with E-state index in [1.165, 1.54) is 0 Å². The van der Waals surface area contributed by atoms with Gasteiger partial charge in [-0.15, -0.1) is 0 Å². The Morgan fingerprint density at radius 1 is 0.197 bits per heavy atom. The summed E-state index contributed by atoms with van der Waals surface area (Å²) in [5, 5.41) is 1.85. The molecule has 4 heteroatoms. The summed E-state index contributed by atoms with van der Waals surface area (Å²) in [5.74, 6) is -0.335. The third kappa shape index (κ3) is 9.12. The Kier molecular flexibility index (Phi) is 12.7. The van der Waals surface area contributed by atoms with Crippen molar-refractivity contribution in [1.29, 1.82) is 0 Å².